The van der Waals surface area contributed by atoms with E-state index in [0.717, 1.165) is 0 Å². The SMILES string of the molecule is CSCC(C)(C)/C=C/[Si](C)(C)C. The molecule has 0 aromatic carbocycles. The molecule has 0 fully saturated rings. The van der Waals surface area contributed by atoms with Gasteiger partial charge >= 0.3 is 0 Å². The highest BCUT2D eigenvalue weighted by Crippen LogP contribution is 2.22. The lowest BCUT2D eigenvalue weighted by atomic mass is 9.97. The zero-order chi connectivity index (χ0) is 9.83. The quantitative estimate of drug-likeness (QED) is 0.625. The molecule has 0 aromatic heterocycles. The fraction of sp³-hybridized carbons (Fsp3) is 0.800. The Labute approximate surface area is 82.8 Å². The van der Waals surface area contributed by atoms with Crippen molar-refractivity contribution < 1.29 is 0 Å². The van der Waals surface area contributed by atoms with Gasteiger partial charge in [-0.1, -0.05) is 45.3 Å². The van der Waals surface area contributed by atoms with Crippen LogP contribution in [0.5, 0.6) is 0 Å². The zero-order valence-corrected chi connectivity index (χ0v) is 11.1. The van der Waals surface area contributed by atoms with E-state index in [1.54, 1.807) is 0 Å². The minimum atomic E-state index is -0.986. The molecule has 0 atom stereocenters. The van der Waals surface area contributed by atoms with Gasteiger partial charge in [0.15, 0.2) is 0 Å². The highest BCUT2D eigenvalue weighted by Gasteiger charge is 2.15. The summed E-state index contributed by atoms with van der Waals surface area (Å²) in [5, 5.41) is 0. The van der Waals surface area contributed by atoms with E-state index >= 15 is 0 Å². The van der Waals surface area contributed by atoms with Crippen molar-refractivity contribution in [1.82, 2.24) is 0 Å². The summed E-state index contributed by atoms with van der Waals surface area (Å²) in [7, 11) is -0.986. The van der Waals surface area contributed by atoms with Crippen molar-refractivity contribution in [1.29, 1.82) is 0 Å². The maximum atomic E-state index is 2.45. The Morgan fingerprint density at radius 3 is 2.08 bits per heavy atom. The normalized spacial score (nSPS) is 14.2. The average molecular weight is 202 g/mol. The molecule has 0 aliphatic rings. The van der Waals surface area contributed by atoms with E-state index in [1.807, 2.05) is 11.8 Å². The summed E-state index contributed by atoms with van der Waals surface area (Å²) in [6, 6.07) is 0. The van der Waals surface area contributed by atoms with Gasteiger partial charge < -0.3 is 0 Å². The first-order chi connectivity index (χ1) is 5.27. The number of hydrogen-bond donors (Lipinski definition) is 0. The second-order valence-electron chi connectivity index (χ2n) is 5.12. The van der Waals surface area contributed by atoms with Crippen molar-refractivity contribution in [3.63, 3.8) is 0 Å². The lowest BCUT2D eigenvalue weighted by Gasteiger charge is -2.20. The minimum Gasteiger partial charge on any atom is -0.165 e. The lowest BCUT2D eigenvalue weighted by Crippen LogP contribution is -2.19. The van der Waals surface area contributed by atoms with Gasteiger partial charge in [-0.05, 0) is 11.7 Å². The van der Waals surface area contributed by atoms with E-state index in [0.29, 0.717) is 5.41 Å². The number of hydrogen-bond acceptors (Lipinski definition) is 1. The number of rotatable bonds is 4. The van der Waals surface area contributed by atoms with Gasteiger partial charge in [0.1, 0.15) is 0 Å². The largest absolute Gasteiger partial charge is 0.165 e. The van der Waals surface area contributed by atoms with Crippen molar-refractivity contribution >= 4 is 19.8 Å². The van der Waals surface area contributed by atoms with Crippen LogP contribution in [0.4, 0.5) is 0 Å². The maximum absolute atomic E-state index is 2.45. The van der Waals surface area contributed by atoms with E-state index in [4.69, 9.17) is 0 Å². The van der Waals surface area contributed by atoms with Crippen LogP contribution in [0.3, 0.4) is 0 Å². The third-order valence-corrected chi connectivity index (χ3v) is 3.75. The van der Waals surface area contributed by atoms with Crippen molar-refractivity contribution in [2.24, 2.45) is 5.41 Å². The Kier molecular flexibility index (Phi) is 4.63. The zero-order valence-electron chi connectivity index (χ0n) is 9.27. The minimum absolute atomic E-state index is 0.375. The fourth-order valence-corrected chi connectivity index (χ4v) is 2.69. The first-order valence-corrected chi connectivity index (χ1v) is 9.43. The molecule has 0 aliphatic heterocycles. The summed E-state index contributed by atoms with van der Waals surface area (Å²) >= 11 is 1.92. The first kappa shape index (κ1) is 12.3. The molecule has 0 saturated carbocycles. The second-order valence-corrected chi connectivity index (χ2v) is 11.1. The van der Waals surface area contributed by atoms with Gasteiger partial charge in [0.05, 0.1) is 8.07 Å². The van der Waals surface area contributed by atoms with Crippen molar-refractivity contribution in [2.75, 3.05) is 12.0 Å². The molecule has 0 spiro atoms. The molecule has 0 bridgehead atoms. The van der Waals surface area contributed by atoms with Crippen molar-refractivity contribution in [3.05, 3.63) is 11.8 Å². The van der Waals surface area contributed by atoms with Gasteiger partial charge in [-0.25, -0.2) is 0 Å². The molecule has 0 saturated heterocycles. The highest BCUT2D eigenvalue weighted by atomic mass is 32.2. The Balaban J connectivity index is 4.13. The molecule has 0 nitrogen and oxygen atoms in total. The Morgan fingerprint density at radius 2 is 1.75 bits per heavy atom. The molecule has 0 amide bonds. The van der Waals surface area contributed by atoms with Crippen LogP contribution in [0.2, 0.25) is 19.6 Å². The standard InChI is InChI=1S/C10H22SSi/c1-10(2,9-11-3)7-8-12(4,5)6/h7-8H,9H2,1-6H3/b8-7+. The molecular weight excluding hydrogens is 180 g/mol. The lowest BCUT2D eigenvalue weighted by molar-refractivity contribution is 0.557. The monoisotopic (exact) mass is 202 g/mol. The summed E-state index contributed by atoms with van der Waals surface area (Å²) in [6.07, 6.45) is 4.57. The first-order valence-electron chi connectivity index (χ1n) is 4.46. The van der Waals surface area contributed by atoms with Crippen LogP contribution in [-0.2, 0) is 0 Å². The molecule has 0 aliphatic carbocycles. The smallest absolute Gasteiger partial charge is 0.0683 e. The molecular formula is C10H22SSi. The Hall–Kier alpha value is 0.307. The predicted octanol–water partition coefficient (Wildman–Crippen LogP) is 3.81. The van der Waals surface area contributed by atoms with Crippen LogP contribution >= 0.6 is 11.8 Å². The van der Waals surface area contributed by atoms with Gasteiger partial charge in [0.2, 0.25) is 0 Å². The van der Waals surface area contributed by atoms with Crippen LogP contribution in [0, 0.1) is 5.41 Å². The van der Waals surface area contributed by atoms with Gasteiger partial charge in [-0.3, -0.25) is 0 Å². The molecule has 72 valence electrons. The summed E-state index contributed by atoms with van der Waals surface area (Å²) in [5.74, 6) is 1.22. The topological polar surface area (TPSA) is 0 Å². The molecule has 12 heavy (non-hydrogen) atoms. The third kappa shape index (κ3) is 6.98. The van der Waals surface area contributed by atoms with Crippen molar-refractivity contribution in [2.45, 2.75) is 33.5 Å². The summed E-state index contributed by atoms with van der Waals surface area (Å²) in [6.45, 7) is 11.7. The van der Waals surface area contributed by atoms with Gasteiger partial charge in [-0.2, -0.15) is 11.8 Å². The average Bonchev–Trinajstić information content (AvgIpc) is 1.83. The third-order valence-electron chi connectivity index (χ3n) is 1.55. The van der Waals surface area contributed by atoms with E-state index in [1.165, 1.54) is 5.75 Å². The Bertz CT molecular complexity index is 154. The van der Waals surface area contributed by atoms with E-state index in [-0.39, 0.29) is 0 Å². The van der Waals surface area contributed by atoms with Gasteiger partial charge in [-0.15, -0.1) is 0 Å². The number of thioether (sulfide) groups is 1. The summed E-state index contributed by atoms with van der Waals surface area (Å²) in [5.41, 5.74) is 2.82. The van der Waals surface area contributed by atoms with Crippen LogP contribution in [0.1, 0.15) is 13.8 Å². The summed E-state index contributed by atoms with van der Waals surface area (Å²) < 4.78 is 0. The molecule has 0 radical (unpaired) electrons. The summed E-state index contributed by atoms with van der Waals surface area (Å²) in [4.78, 5) is 0. The highest BCUT2D eigenvalue weighted by molar-refractivity contribution is 7.98. The van der Waals surface area contributed by atoms with E-state index in [2.05, 4.69) is 51.5 Å². The molecule has 0 unspecified atom stereocenters. The van der Waals surface area contributed by atoms with E-state index in [9.17, 15) is 0 Å². The van der Waals surface area contributed by atoms with Crippen LogP contribution in [0.25, 0.3) is 0 Å². The van der Waals surface area contributed by atoms with Crippen LogP contribution in [0.15, 0.2) is 11.8 Å². The van der Waals surface area contributed by atoms with Gasteiger partial charge in [0.25, 0.3) is 0 Å². The van der Waals surface area contributed by atoms with Crippen LogP contribution < -0.4 is 0 Å². The van der Waals surface area contributed by atoms with E-state index < -0.39 is 8.07 Å². The molecule has 0 heterocycles. The van der Waals surface area contributed by atoms with Crippen LogP contribution in [-0.4, -0.2) is 20.1 Å². The fourth-order valence-electron chi connectivity index (χ4n) is 0.896. The Morgan fingerprint density at radius 1 is 1.25 bits per heavy atom. The molecule has 0 N–H and O–H groups in total. The van der Waals surface area contributed by atoms with Gasteiger partial charge in [0, 0.05) is 5.75 Å². The molecule has 2 heteroatoms. The molecule has 0 rings (SSSR count). The second kappa shape index (κ2) is 4.52. The predicted molar refractivity (Wildman–Crippen MR) is 64.6 cm³/mol. The molecule has 0 aromatic rings. The van der Waals surface area contributed by atoms with Crippen molar-refractivity contribution in [3.8, 4) is 0 Å². The maximum Gasteiger partial charge on any atom is 0.0683 e. The number of allylic oxidation sites excluding steroid dienone is 1.